The van der Waals surface area contributed by atoms with Crippen molar-refractivity contribution in [1.82, 2.24) is 5.32 Å². The van der Waals surface area contributed by atoms with Gasteiger partial charge in [0.25, 0.3) is 5.91 Å². The fourth-order valence-corrected chi connectivity index (χ4v) is 3.03. The standard InChI is InChI=1S/C18H24N2O2/c21-17(19-12-13-4-2-1-3-5-13)14-8-10-16(11-9-14)20-18(22)15-6-7-15/h8-11,13,15H,1-7,12H2,(H,19,21)(H,20,22). The smallest absolute Gasteiger partial charge is 0.251 e. The Bertz CT molecular complexity index is 529. The van der Waals surface area contributed by atoms with E-state index in [1.807, 2.05) is 0 Å². The molecule has 2 amide bonds. The van der Waals surface area contributed by atoms with Gasteiger partial charge in [-0.1, -0.05) is 19.3 Å². The van der Waals surface area contributed by atoms with Gasteiger partial charge in [0.05, 0.1) is 0 Å². The van der Waals surface area contributed by atoms with Crippen molar-refractivity contribution in [3.63, 3.8) is 0 Å². The van der Waals surface area contributed by atoms with E-state index in [0.29, 0.717) is 11.5 Å². The summed E-state index contributed by atoms with van der Waals surface area (Å²) in [6.45, 7) is 0.777. The summed E-state index contributed by atoms with van der Waals surface area (Å²) in [6, 6.07) is 7.16. The molecule has 2 saturated carbocycles. The molecule has 2 aliphatic carbocycles. The van der Waals surface area contributed by atoms with Crippen LogP contribution in [0.3, 0.4) is 0 Å². The molecule has 1 aromatic carbocycles. The second-order valence-corrected chi connectivity index (χ2v) is 6.55. The largest absolute Gasteiger partial charge is 0.352 e. The van der Waals surface area contributed by atoms with Crippen molar-refractivity contribution < 1.29 is 9.59 Å². The minimum atomic E-state index is -0.0226. The summed E-state index contributed by atoms with van der Waals surface area (Å²) < 4.78 is 0. The topological polar surface area (TPSA) is 58.2 Å². The van der Waals surface area contributed by atoms with Gasteiger partial charge in [0.1, 0.15) is 0 Å². The highest BCUT2D eigenvalue weighted by Crippen LogP contribution is 2.30. The Kier molecular flexibility index (Phi) is 4.76. The molecule has 1 aromatic rings. The summed E-state index contributed by atoms with van der Waals surface area (Å²) in [6.07, 6.45) is 8.35. The van der Waals surface area contributed by atoms with Gasteiger partial charge in [-0.3, -0.25) is 9.59 Å². The first kappa shape index (κ1) is 15.1. The van der Waals surface area contributed by atoms with Gasteiger partial charge in [-0.2, -0.15) is 0 Å². The zero-order chi connectivity index (χ0) is 15.4. The van der Waals surface area contributed by atoms with Crippen LogP contribution < -0.4 is 10.6 Å². The van der Waals surface area contributed by atoms with Gasteiger partial charge in [-0.15, -0.1) is 0 Å². The first-order chi connectivity index (χ1) is 10.7. The highest BCUT2D eigenvalue weighted by atomic mass is 16.2. The molecule has 4 heteroatoms. The minimum absolute atomic E-state index is 0.0226. The van der Waals surface area contributed by atoms with Crippen LogP contribution in [0.25, 0.3) is 0 Å². The van der Waals surface area contributed by atoms with Gasteiger partial charge in [0.2, 0.25) is 5.91 Å². The maximum atomic E-state index is 12.1. The molecule has 0 aliphatic heterocycles. The lowest BCUT2D eigenvalue weighted by molar-refractivity contribution is -0.117. The molecule has 0 radical (unpaired) electrons. The Balaban J connectivity index is 1.48. The summed E-state index contributed by atoms with van der Waals surface area (Å²) in [5.41, 5.74) is 1.42. The SMILES string of the molecule is O=C(NCC1CCCCC1)c1ccc(NC(=O)C2CC2)cc1. The lowest BCUT2D eigenvalue weighted by Gasteiger charge is -2.21. The third-order valence-corrected chi connectivity index (χ3v) is 4.64. The monoisotopic (exact) mass is 300 g/mol. The third-order valence-electron chi connectivity index (χ3n) is 4.64. The molecule has 2 fully saturated rings. The molecule has 4 nitrogen and oxygen atoms in total. The number of amides is 2. The third kappa shape index (κ3) is 4.09. The van der Waals surface area contributed by atoms with Crippen molar-refractivity contribution in [2.24, 2.45) is 11.8 Å². The average Bonchev–Trinajstić information content (AvgIpc) is 3.39. The van der Waals surface area contributed by atoms with Crippen LogP contribution in [0.5, 0.6) is 0 Å². The first-order valence-corrected chi connectivity index (χ1v) is 8.41. The minimum Gasteiger partial charge on any atom is -0.352 e. The predicted molar refractivity (Wildman–Crippen MR) is 86.7 cm³/mol. The molecule has 0 bridgehead atoms. The number of benzene rings is 1. The molecule has 2 aliphatic rings. The zero-order valence-electron chi connectivity index (χ0n) is 12.9. The van der Waals surface area contributed by atoms with E-state index in [2.05, 4.69) is 10.6 Å². The van der Waals surface area contributed by atoms with Crippen molar-refractivity contribution in [2.75, 3.05) is 11.9 Å². The van der Waals surface area contributed by atoms with Crippen LogP contribution in [0.4, 0.5) is 5.69 Å². The number of carbonyl (C=O) groups is 2. The number of anilines is 1. The molecule has 0 atom stereocenters. The van der Waals surface area contributed by atoms with Gasteiger partial charge >= 0.3 is 0 Å². The van der Waals surface area contributed by atoms with Gasteiger partial charge in [0, 0.05) is 23.7 Å². The Morgan fingerprint density at radius 3 is 2.27 bits per heavy atom. The second kappa shape index (κ2) is 6.95. The summed E-state index contributed by atoms with van der Waals surface area (Å²) in [5, 5.41) is 5.91. The quantitative estimate of drug-likeness (QED) is 0.876. The normalized spacial score (nSPS) is 18.7. The van der Waals surface area contributed by atoms with Crippen molar-refractivity contribution >= 4 is 17.5 Å². The molecule has 22 heavy (non-hydrogen) atoms. The van der Waals surface area contributed by atoms with E-state index in [-0.39, 0.29) is 17.7 Å². The fraction of sp³-hybridized carbons (Fsp3) is 0.556. The van der Waals surface area contributed by atoms with Gasteiger partial charge in [-0.25, -0.2) is 0 Å². The first-order valence-electron chi connectivity index (χ1n) is 8.41. The molecule has 0 unspecified atom stereocenters. The van der Waals surface area contributed by atoms with Crippen LogP contribution in [-0.4, -0.2) is 18.4 Å². The molecule has 0 spiro atoms. The van der Waals surface area contributed by atoms with Gasteiger partial charge in [-0.05, 0) is 55.9 Å². The molecule has 2 N–H and O–H groups in total. The van der Waals surface area contributed by atoms with Crippen molar-refractivity contribution in [1.29, 1.82) is 0 Å². The predicted octanol–water partition coefficient (Wildman–Crippen LogP) is 3.35. The van der Waals surface area contributed by atoms with E-state index in [0.717, 1.165) is 25.1 Å². The van der Waals surface area contributed by atoms with Crippen LogP contribution >= 0.6 is 0 Å². The lowest BCUT2D eigenvalue weighted by atomic mass is 9.89. The van der Waals surface area contributed by atoms with Crippen LogP contribution in [0.1, 0.15) is 55.3 Å². The van der Waals surface area contributed by atoms with Crippen LogP contribution in [0, 0.1) is 11.8 Å². The van der Waals surface area contributed by atoms with E-state index in [9.17, 15) is 9.59 Å². The highest BCUT2D eigenvalue weighted by molar-refractivity contribution is 5.96. The number of nitrogens with one attached hydrogen (secondary N) is 2. The molecular weight excluding hydrogens is 276 g/mol. The Morgan fingerprint density at radius 2 is 1.64 bits per heavy atom. The Labute approximate surface area is 131 Å². The van der Waals surface area contributed by atoms with E-state index in [1.165, 1.54) is 32.1 Å². The molecule has 0 heterocycles. The fourth-order valence-electron chi connectivity index (χ4n) is 3.03. The summed E-state index contributed by atoms with van der Waals surface area (Å²) in [5.74, 6) is 0.897. The van der Waals surface area contributed by atoms with E-state index in [4.69, 9.17) is 0 Å². The van der Waals surface area contributed by atoms with Gasteiger partial charge < -0.3 is 10.6 Å². The highest BCUT2D eigenvalue weighted by Gasteiger charge is 2.29. The molecule has 3 rings (SSSR count). The number of carbonyl (C=O) groups excluding carboxylic acids is 2. The van der Waals surface area contributed by atoms with E-state index in [1.54, 1.807) is 24.3 Å². The van der Waals surface area contributed by atoms with Crippen molar-refractivity contribution in [3.8, 4) is 0 Å². The molecule has 0 aromatic heterocycles. The van der Waals surface area contributed by atoms with E-state index >= 15 is 0 Å². The molecular formula is C18H24N2O2. The molecule has 118 valence electrons. The number of rotatable bonds is 5. The Morgan fingerprint density at radius 1 is 0.955 bits per heavy atom. The van der Waals surface area contributed by atoms with Gasteiger partial charge in [0.15, 0.2) is 0 Å². The summed E-state index contributed by atoms with van der Waals surface area (Å²) in [4.78, 5) is 23.8. The Hall–Kier alpha value is -1.84. The maximum absolute atomic E-state index is 12.1. The molecule has 0 saturated heterocycles. The maximum Gasteiger partial charge on any atom is 0.251 e. The van der Waals surface area contributed by atoms with Crippen LogP contribution in [0.2, 0.25) is 0 Å². The number of hydrogen-bond donors (Lipinski definition) is 2. The van der Waals surface area contributed by atoms with E-state index < -0.39 is 0 Å². The summed E-state index contributed by atoms with van der Waals surface area (Å²) in [7, 11) is 0. The van der Waals surface area contributed by atoms with Crippen LogP contribution in [-0.2, 0) is 4.79 Å². The zero-order valence-corrected chi connectivity index (χ0v) is 12.9. The lowest BCUT2D eigenvalue weighted by Crippen LogP contribution is -2.30. The van der Waals surface area contributed by atoms with Crippen molar-refractivity contribution in [3.05, 3.63) is 29.8 Å². The average molecular weight is 300 g/mol. The summed E-state index contributed by atoms with van der Waals surface area (Å²) >= 11 is 0. The second-order valence-electron chi connectivity index (χ2n) is 6.55. The van der Waals surface area contributed by atoms with Crippen LogP contribution in [0.15, 0.2) is 24.3 Å². The van der Waals surface area contributed by atoms with Crippen molar-refractivity contribution in [2.45, 2.75) is 44.9 Å². The number of hydrogen-bond acceptors (Lipinski definition) is 2.